The van der Waals surface area contributed by atoms with Crippen LogP contribution >= 0.6 is 23.2 Å². The lowest BCUT2D eigenvalue weighted by Gasteiger charge is -2.27. The molecule has 0 unspecified atom stereocenters. The zero-order valence-corrected chi connectivity index (χ0v) is 17.1. The lowest BCUT2D eigenvalue weighted by molar-refractivity contribution is 0.414. The summed E-state index contributed by atoms with van der Waals surface area (Å²) >= 11 is 12.4. The number of nitrogens with zero attached hydrogens (tertiary/aromatic N) is 3. The monoisotopic (exact) mass is 429 g/mol. The predicted octanol–water partition coefficient (Wildman–Crippen LogP) is 4.31. The van der Waals surface area contributed by atoms with Crippen LogP contribution in [0.3, 0.4) is 0 Å². The highest BCUT2D eigenvalue weighted by Gasteiger charge is 2.25. The average Bonchev–Trinajstić information content (AvgIpc) is 2.70. The summed E-state index contributed by atoms with van der Waals surface area (Å²) in [4.78, 5) is 21.8. The number of hydrogen-bond acceptors (Lipinski definition) is 6. The zero-order chi connectivity index (χ0) is 20.5. The Hall–Kier alpha value is -3.03. The largest absolute Gasteiger partial charge is 0.497 e. The molecule has 0 radical (unpaired) electrons. The number of rotatable bonds is 3. The van der Waals surface area contributed by atoms with Gasteiger partial charge in [-0.25, -0.2) is 9.98 Å². The van der Waals surface area contributed by atoms with E-state index in [4.69, 9.17) is 27.9 Å². The number of fused-ring (bicyclic) bond motifs is 1. The first-order valence-corrected chi connectivity index (χ1v) is 9.52. The van der Waals surface area contributed by atoms with Crippen molar-refractivity contribution >= 4 is 40.8 Å². The van der Waals surface area contributed by atoms with Crippen molar-refractivity contribution in [2.45, 2.75) is 13.1 Å². The smallest absolute Gasteiger partial charge is 0.257 e. The van der Waals surface area contributed by atoms with Gasteiger partial charge in [0.25, 0.3) is 5.56 Å². The number of aryl methyl sites for hydroxylation is 1. The molecular formula is C20H17Cl2N5O2. The van der Waals surface area contributed by atoms with E-state index in [1.807, 2.05) is 24.3 Å². The minimum absolute atomic E-state index is 0.204. The number of hydrogen-bond donors (Lipinski definition) is 2. The van der Waals surface area contributed by atoms with Gasteiger partial charge >= 0.3 is 0 Å². The molecule has 1 aromatic heterocycles. The number of halogens is 2. The lowest BCUT2D eigenvalue weighted by Crippen LogP contribution is -2.37. The molecule has 2 N–H and O–H groups in total. The van der Waals surface area contributed by atoms with Crippen LogP contribution in [0.25, 0.3) is 0 Å². The van der Waals surface area contributed by atoms with Crippen molar-refractivity contribution in [1.29, 1.82) is 0 Å². The molecule has 1 aliphatic heterocycles. The Bertz CT molecular complexity index is 1160. The molecule has 0 aliphatic carbocycles. The third-order valence-corrected chi connectivity index (χ3v) is 5.24. The van der Waals surface area contributed by atoms with Gasteiger partial charge in [0.15, 0.2) is 6.17 Å². The van der Waals surface area contributed by atoms with Gasteiger partial charge in [-0.1, -0.05) is 41.4 Å². The van der Waals surface area contributed by atoms with E-state index in [1.54, 1.807) is 32.2 Å². The van der Waals surface area contributed by atoms with E-state index in [1.165, 1.54) is 10.6 Å². The number of guanidine groups is 1. The number of ether oxygens (including phenoxy) is 1. The Labute approximate surface area is 177 Å². The topological polar surface area (TPSA) is 80.5 Å². The van der Waals surface area contributed by atoms with Crippen molar-refractivity contribution in [3.63, 3.8) is 0 Å². The molecule has 1 aliphatic rings. The molecule has 0 saturated heterocycles. The summed E-state index contributed by atoms with van der Waals surface area (Å²) in [6.07, 6.45) is -0.613. The Kier molecular flexibility index (Phi) is 5.17. The maximum absolute atomic E-state index is 12.7. The number of anilines is 2. The highest BCUT2D eigenvalue weighted by Crippen LogP contribution is 2.31. The van der Waals surface area contributed by atoms with Crippen molar-refractivity contribution in [3.05, 3.63) is 80.2 Å². The normalized spacial score (nSPS) is 15.2. The van der Waals surface area contributed by atoms with E-state index in [2.05, 4.69) is 20.6 Å². The van der Waals surface area contributed by atoms with E-state index in [0.717, 1.165) is 5.56 Å². The minimum atomic E-state index is -0.613. The number of benzene rings is 2. The Morgan fingerprint density at radius 1 is 1.17 bits per heavy atom. The summed E-state index contributed by atoms with van der Waals surface area (Å²) < 4.78 is 6.72. The summed E-state index contributed by atoms with van der Waals surface area (Å²) in [5, 5.41) is 6.99. The first-order chi connectivity index (χ1) is 14.0. The summed E-state index contributed by atoms with van der Waals surface area (Å²) in [5.74, 6) is 1.49. The molecule has 2 heterocycles. The van der Waals surface area contributed by atoms with Gasteiger partial charge in [0, 0.05) is 11.8 Å². The van der Waals surface area contributed by atoms with Gasteiger partial charge in [-0.3, -0.25) is 14.7 Å². The van der Waals surface area contributed by atoms with Crippen LogP contribution in [-0.2, 0) is 0 Å². The summed E-state index contributed by atoms with van der Waals surface area (Å²) in [6.45, 7) is 1.76. The first-order valence-electron chi connectivity index (χ1n) is 8.76. The van der Waals surface area contributed by atoms with E-state index < -0.39 is 6.17 Å². The van der Waals surface area contributed by atoms with Crippen LogP contribution in [0.1, 0.15) is 17.4 Å². The molecule has 0 fully saturated rings. The molecule has 1 atom stereocenters. The molecule has 0 bridgehead atoms. The highest BCUT2D eigenvalue weighted by atomic mass is 35.5. The predicted molar refractivity (Wildman–Crippen MR) is 116 cm³/mol. The fourth-order valence-electron chi connectivity index (χ4n) is 3.04. The van der Waals surface area contributed by atoms with Crippen molar-refractivity contribution < 1.29 is 4.74 Å². The van der Waals surface area contributed by atoms with E-state index in [0.29, 0.717) is 39.1 Å². The molecule has 4 rings (SSSR count). The summed E-state index contributed by atoms with van der Waals surface area (Å²) in [6, 6.07) is 14.1. The molecule has 3 aromatic rings. The van der Waals surface area contributed by atoms with Crippen LogP contribution in [0, 0.1) is 6.92 Å². The molecule has 7 nitrogen and oxygen atoms in total. The Morgan fingerprint density at radius 2 is 1.93 bits per heavy atom. The fourth-order valence-corrected chi connectivity index (χ4v) is 3.39. The standard InChI is InChI=1S/C20H17Cl2N5O2/c1-11-10-16(28)27-18(12-6-8-13(29-2)9-7-12)25-19(26-20(27)23-11)24-15-5-3-4-14(21)17(15)22/h3-10,18H,1-2H3,(H2,23,24,25,26)/t18-/m1/s1. The molecule has 9 heteroatoms. The van der Waals surface area contributed by atoms with E-state index in [-0.39, 0.29) is 5.56 Å². The second kappa shape index (κ2) is 7.77. The maximum atomic E-state index is 12.7. The van der Waals surface area contributed by atoms with Crippen molar-refractivity contribution in [2.24, 2.45) is 4.99 Å². The van der Waals surface area contributed by atoms with Crippen LogP contribution in [-0.4, -0.2) is 22.6 Å². The molecule has 148 valence electrons. The quantitative estimate of drug-likeness (QED) is 0.648. The van der Waals surface area contributed by atoms with Gasteiger partial charge in [0.05, 0.1) is 22.8 Å². The van der Waals surface area contributed by atoms with Crippen molar-refractivity contribution in [1.82, 2.24) is 9.55 Å². The first kappa shape index (κ1) is 19.3. The molecule has 29 heavy (non-hydrogen) atoms. The summed E-state index contributed by atoms with van der Waals surface area (Å²) in [7, 11) is 1.60. The third-order valence-electron chi connectivity index (χ3n) is 4.43. The van der Waals surface area contributed by atoms with Gasteiger partial charge in [0.2, 0.25) is 11.9 Å². The second-order valence-corrected chi connectivity index (χ2v) is 7.19. The molecular weight excluding hydrogens is 413 g/mol. The Balaban J connectivity index is 1.80. The SMILES string of the molecule is COc1ccc([C@@H]2N=C(Nc3cccc(Cl)c3Cl)Nc3nc(C)cc(=O)n32)cc1. The van der Waals surface area contributed by atoms with Crippen molar-refractivity contribution in [2.75, 3.05) is 17.7 Å². The van der Waals surface area contributed by atoms with Crippen LogP contribution in [0.5, 0.6) is 5.75 Å². The minimum Gasteiger partial charge on any atom is -0.497 e. The average molecular weight is 430 g/mol. The number of aliphatic imine (C=N–C) groups is 1. The van der Waals surface area contributed by atoms with E-state index in [9.17, 15) is 4.79 Å². The van der Waals surface area contributed by atoms with Gasteiger partial charge in [-0.2, -0.15) is 0 Å². The van der Waals surface area contributed by atoms with E-state index >= 15 is 0 Å². The van der Waals surface area contributed by atoms with Crippen molar-refractivity contribution in [3.8, 4) is 5.75 Å². The highest BCUT2D eigenvalue weighted by molar-refractivity contribution is 6.44. The molecule has 0 amide bonds. The number of methoxy groups -OCH3 is 1. The van der Waals surface area contributed by atoms with Crippen LogP contribution in [0.15, 0.2) is 58.3 Å². The van der Waals surface area contributed by atoms with Gasteiger partial charge < -0.3 is 10.1 Å². The lowest BCUT2D eigenvalue weighted by atomic mass is 10.1. The molecule has 0 spiro atoms. The fraction of sp³-hybridized carbons (Fsp3) is 0.150. The second-order valence-electron chi connectivity index (χ2n) is 6.41. The third kappa shape index (κ3) is 3.79. The number of aromatic nitrogens is 2. The van der Waals surface area contributed by atoms with Gasteiger partial charge in [-0.05, 0) is 36.8 Å². The van der Waals surface area contributed by atoms with Gasteiger partial charge in [0.1, 0.15) is 5.75 Å². The Morgan fingerprint density at radius 3 is 2.66 bits per heavy atom. The maximum Gasteiger partial charge on any atom is 0.257 e. The molecule has 2 aromatic carbocycles. The van der Waals surface area contributed by atoms with Crippen LogP contribution < -0.4 is 20.9 Å². The molecule has 0 saturated carbocycles. The van der Waals surface area contributed by atoms with Crippen LogP contribution in [0.2, 0.25) is 10.0 Å². The zero-order valence-electron chi connectivity index (χ0n) is 15.6. The summed E-state index contributed by atoms with van der Waals surface area (Å²) in [5.41, 5.74) is 1.79. The van der Waals surface area contributed by atoms with Gasteiger partial charge in [-0.15, -0.1) is 0 Å². The number of nitrogens with one attached hydrogen (secondary N) is 2. The van der Waals surface area contributed by atoms with Crippen LogP contribution in [0.4, 0.5) is 11.6 Å².